The summed E-state index contributed by atoms with van der Waals surface area (Å²) in [6.45, 7) is 0. The number of sulfone groups is 1. The molecule has 0 radical (unpaired) electrons. The first-order chi connectivity index (χ1) is 9.15. The van der Waals surface area contributed by atoms with Gasteiger partial charge in [-0.1, -0.05) is 24.3 Å². The van der Waals surface area contributed by atoms with Crippen LogP contribution in [0.4, 0.5) is 0 Å². The van der Waals surface area contributed by atoms with Gasteiger partial charge in [-0.15, -0.1) is 0 Å². The first-order valence-electron chi connectivity index (χ1n) is 5.85. The Morgan fingerprint density at radius 1 is 1.00 bits per heavy atom. The van der Waals surface area contributed by atoms with Crippen LogP contribution in [0.15, 0.2) is 65.8 Å². The maximum absolute atomic E-state index is 12.2. The molecule has 2 heterocycles. The number of hydrogen-bond acceptors (Lipinski definition) is 3. The van der Waals surface area contributed by atoms with E-state index in [1.165, 1.54) is 0 Å². The first-order valence-corrected chi connectivity index (χ1v) is 7.51. The standard InChI is InChI=1S/C14H12N2O2S/c17-19(18,13-6-2-1-3-7-13)11-12-10-16-9-5-4-8-14(16)15-12/h1-10H,11H2. The fourth-order valence-electron chi connectivity index (χ4n) is 1.96. The highest BCUT2D eigenvalue weighted by molar-refractivity contribution is 7.90. The van der Waals surface area contributed by atoms with Crippen molar-refractivity contribution in [2.45, 2.75) is 10.6 Å². The van der Waals surface area contributed by atoms with Crippen molar-refractivity contribution in [3.8, 4) is 0 Å². The number of benzene rings is 1. The van der Waals surface area contributed by atoms with Gasteiger partial charge in [0.25, 0.3) is 0 Å². The van der Waals surface area contributed by atoms with Gasteiger partial charge in [-0.2, -0.15) is 0 Å². The average molecular weight is 272 g/mol. The Bertz CT molecular complexity index is 775. The van der Waals surface area contributed by atoms with Crippen LogP contribution >= 0.6 is 0 Å². The summed E-state index contributed by atoms with van der Waals surface area (Å²) in [7, 11) is -3.34. The molecule has 0 unspecified atom stereocenters. The smallest absolute Gasteiger partial charge is 0.184 e. The van der Waals surface area contributed by atoms with Gasteiger partial charge in [0.1, 0.15) is 5.65 Å². The lowest BCUT2D eigenvalue weighted by atomic mass is 10.4. The van der Waals surface area contributed by atoms with E-state index in [1.807, 2.05) is 28.8 Å². The highest BCUT2D eigenvalue weighted by Gasteiger charge is 2.16. The van der Waals surface area contributed by atoms with Crippen LogP contribution in [0.1, 0.15) is 5.69 Å². The van der Waals surface area contributed by atoms with Crippen molar-refractivity contribution in [3.05, 3.63) is 66.6 Å². The predicted octanol–water partition coefficient (Wildman–Crippen LogP) is 2.31. The number of imidazole rings is 1. The number of aromatic nitrogens is 2. The Hall–Kier alpha value is -2.14. The van der Waals surface area contributed by atoms with Crippen LogP contribution in [0.2, 0.25) is 0 Å². The van der Waals surface area contributed by atoms with Crippen LogP contribution in [0.25, 0.3) is 5.65 Å². The van der Waals surface area contributed by atoms with E-state index in [0.29, 0.717) is 10.6 Å². The van der Waals surface area contributed by atoms with Crippen LogP contribution in [0.5, 0.6) is 0 Å². The van der Waals surface area contributed by atoms with Gasteiger partial charge in [0.15, 0.2) is 9.84 Å². The van der Waals surface area contributed by atoms with Gasteiger partial charge in [-0.3, -0.25) is 0 Å². The van der Waals surface area contributed by atoms with E-state index in [1.54, 1.807) is 36.5 Å². The Balaban J connectivity index is 1.97. The summed E-state index contributed by atoms with van der Waals surface area (Å²) in [5.41, 5.74) is 1.30. The minimum absolute atomic E-state index is 0.0846. The number of fused-ring (bicyclic) bond motifs is 1. The maximum Gasteiger partial charge on any atom is 0.184 e. The van der Waals surface area contributed by atoms with Crippen molar-refractivity contribution in [2.24, 2.45) is 0 Å². The van der Waals surface area contributed by atoms with E-state index in [0.717, 1.165) is 5.65 Å². The zero-order valence-corrected chi connectivity index (χ0v) is 10.9. The molecule has 1 aromatic carbocycles. The molecular weight excluding hydrogens is 260 g/mol. The van der Waals surface area contributed by atoms with Gasteiger partial charge < -0.3 is 4.40 Å². The van der Waals surface area contributed by atoms with Crippen molar-refractivity contribution in [2.75, 3.05) is 0 Å². The first kappa shape index (κ1) is 11.9. The lowest BCUT2D eigenvalue weighted by molar-refractivity contribution is 0.595. The molecule has 0 aliphatic heterocycles. The Morgan fingerprint density at radius 3 is 2.47 bits per heavy atom. The van der Waals surface area contributed by atoms with E-state index in [-0.39, 0.29) is 5.75 Å². The van der Waals surface area contributed by atoms with Crippen LogP contribution < -0.4 is 0 Å². The van der Waals surface area contributed by atoms with Crippen LogP contribution in [-0.4, -0.2) is 17.8 Å². The second kappa shape index (κ2) is 4.51. The lowest BCUT2D eigenvalue weighted by Crippen LogP contribution is -2.04. The summed E-state index contributed by atoms with van der Waals surface area (Å²) in [5.74, 6) is -0.0846. The van der Waals surface area contributed by atoms with Crippen LogP contribution in [0.3, 0.4) is 0 Å². The summed E-state index contributed by atoms with van der Waals surface area (Å²) >= 11 is 0. The van der Waals surface area contributed by atoms with Crippen molar-refractivity contribution < 1.29 is 8.42 Å². The molecule has 0 N–H and O–H groups in total. The third kappa shape index (κ3) is 2.37. The topological polar surface area (TPSA) is 51.4 Å². The number of nitrogens with zero attached hydrogens (tertiary/aromatic N) is 2. The quantitative estimate of drug-likeness (QED) is 0.735. The Morgan fingerprint density at radius 2 is 1.74 bits per heavy atom. The van der Waals surface area contributed by atoms with E-state index in [9.17, 15) is 8.42 Å². The maximum atomic E-state index is 12.2. The molecule has 0 atom stereocenters. The van der Waals surface area contributed by atoms with Gasteiger partial charge in [0.05, 0.1) is 16.3 Å². The second-order valence-corrected chi connectivity index (χ2v) is 6.26. The fourth-order valence-corrected chi connectivity index (χ4v) is 3.23. The zero-order chi connectivity index (χ0) is 13.3. The van der Waals surface area contributed by atoms with Crippen molar-refractivity contribution in [1.82, 2.24) is 9.38 Å². The largest absolute Gasteiger partial charge is 0.307 e. The van der Waals surface area contributed by atoms with E-state index >= 15 is 0 Å². The summed E-state index contributed by atoms with van der Waals surface area (Å²) in [4.78, 5) is 4.63. The molecule has 0 saturated carbocycles. The molecule has 5 heteroatoms. The third-order valence-electron chi connectivity index (χ3n) is 2.85. The molecule has 0 aliphatic carbocycles. The molecular formula is C14H12N2O2S. The van der Waals surface area contributed by atoms with Crippen molar-refractivity contribution >= 4 is 15.5 Å². The lowest BCUT2D eigenvalue weighted by Gasteiger charge is -2.01. The van der Waals surface area contributed by atoms with Gasteiger partial charge in [-0.05, 0) is 24.3 Å². The highest BCUT2D eigenvalue weighted by Crippen LogP contribution is 2.16. The normalized spacial score (nSPS) is 11.8. The highest BCUT2D eigenvalue weighted by atomic mass is 32.2. The molecule has 0 fully saturated rings. The monoisotopic (exact) mass is 272 g/mol. The minimum Gasteiger partial charge on any atom is -0.307 e. The van der Waals surface area contributed by atoms with Gasteiger partial charge in [-0.25, -0.2) is 13.4 Å². The molecule has 2 aromatic heterocycles. The minimum atomic E-state index is -3.34. The summed E-state index contributed by atoms with van der Waals surface area (Å²) < 4.78 is 26.3. The van der Waals surface area contributed by atoms with E-state index in [4.69, 9.17) is 0 Å². The molecule has 0 aliphatic rings. The Kier molecular flexibility index (Phi) is 2.83. The number of hydrogen-bond donors (Lipinski definition) is 0. The van der Waals surface area contributed by atoms with Crippen molar-refractivity contribution in [1.29, 1.82) is 0 Å². The van der Waals surface area contributed by atoms with Gasteiger partial charge in [0, 0.05) is 12.4 Å². The summed E-state index contributed by atoms with van der Waals surface area (Å²) in [5, 5.41) is 0. The molecule has 19 heavy (non-hydrogen) atoms. The number of pyridine rings is 1. The Labute approximate surface area is 111 Å². The second-order valence-electron chi connectivity index (χ2n) is 4.27. The van der Waals surface area contributed by atoms with Gasteiger partial charge >= 0.3 is 0 Å². The molecule has 0 saturated heterocycles. The fraction of sp³-hybridized carbons (Fsp3) is 0.0714. The summed E-state index contributed by atoms with van der Waals surface area (Å²) in [6, 6.07) is 14.0. The molecule has 96 valence electrons. The van der Waals surface area contributed by atoms with Gasteiger partial charge in [0.2, 0.25) is 0 Å². The van der Waals surface area contributed by atoms with Crippen LogP contribution in [-0.2, 0) is 15.6 Å². The van der Waals surface area contributed by atoms with E-state index in [2.05, 4.69) is 4.98 Å². The SMILES string of the molecule is O=S(=O)(Cc1cn2ccccc2n1)c1ccccc1. The molecule has 4 nitrogen and oxygen atoms in total. The molecule has 3 rings (SSSR count). The average Bonchev–Trinajstić information content (AvgIpc) is 2.81. The molecule has 0 bridgehead atoms. The number of rotatable bonds is 3. The van der Waals surface area contributed by atoms with E-state index < -0.39 is 9.84 Å². The van der Waals surface area contributed by atoms with Crippen LogP contribution in [0, 0.1) is 0 Å². The summed E-state index contributed by atoms with van der Waals surface area (Å²) in [6.07, 6.45) is 3.59. The molecule has 3 aromatic rings. The molecule has 0 spiro atoms. The predicted molar refractivity (Wildman–Crippen MR) is 72.5 cm³/mol. The third-order valence-corrected chi connectivity index (χ3v) is 4.52. The molecule has 0 amide bonds. The van der Waals surface area contributed by atoms with Crippen molar-refractivity contribution in [3.63, 3.8) is 0 Å². The zero-order valence-electron chi connectivity index (χ0n) is 10.1.